The Kier molecular flexibility index (Phi) is 5.87. The number of nitrogens with zero attached hydrogens (tertiary/aromatic N) is 3. The lowest BCUT2D eigenvalue weighted by atomic mass is 10.2. The smallest absolute Gasteiger partial charge is 0.285 e. The highest BCUT2D eigenvalue weighted by atomic mass is 32.2. The number of thiazole rings is 1. The van der Waals surface area contributed by atoms with Crippen molar-refractivity contribution in [3.63, 3.8) is 0 Å². The Morgan fingerprint density at radius 2 is 1.83 bits per heavy atom. The summed E-state index contributed by atoms with van der Waals surface area (Å²) in [4.78, 5) is 32.2. The Balaban J connectivity index is 1.42. The number of anilines is 1. The SMILES string of the molecule is CN(C)C(=O)Sc1ccc(NC(=O)Cc2csc3nc(-c4ccccc4)cn23)cc1. The van der Waals surface area contributed by atoms with Gasteiger partial charge in [0.15, 0.2) is 4.96 Å². The summed E-state index contributed by atoms with van der Waals surface area (Å²) in [5.74, 6) is -0.102. The quantitative estimate of drug-likeness (QED) is 0.446. The number of hydrogen-bond donors (Lipinski definition) is 1. The minimum Gasteiger partial charge on any atom is -0.339 e. The zero-order valence-electron chi connectivity index (χ0n) is 16.5. The summed E-state index contributed by atoms with van der Waals surface area (Å²) in [5, 5.41) is 4.84. The van der Waals surface area contributed by atoms with Crippen LogP contribution < -0.4 is 5.32 Å². The van der Waals surface area contributed by atoms with E-state index in [0.29, 0.717) is 5.69 Å². The van der Waals surface area contributed by atoms with E-state index in [9.17, 15) is 9.59 Å². The van der Waals surface area contributed by atoms with Crippen molar-refractivity contribution >= 4 is 44.9 Å². The van der Waals surface area contributed by atoms with Crippen LogP contribution in [0.4, 0.5) is 10.5 Å². The van der Waals surface area contributed by atoms with E-state index in [0.717, 1.165) is 38.6 Å². The minimum absolute atomic E-state index is 0.0385. The van der Waals surface area contributed by atoms with Crippen molar-refractivity contribution in [1.82, 2.24) is 14.3 Å². The molecule has 0 spiro atoms. The molecule has 0 fully saturated rings. The average molecular weight is 437 g/mol. The highest BCUT2D eigenvalue weighted by Gasteiger charge is 2.13. The van der Waals surface area contributed by atoms with Gasteiger partial charge in [0.2, 0.25) is 5.91 Å². The Bertz CT molecular complexity index is 1180. The molecular weight excluding hydrogens is 416 g/mol. The van der Waals surface area contributed by atoms with Gasteiger partial charge in [-0.2, -0.15) is 0 Å². The van der Waals surface area contributed by atoms with E-state index in [-0.39, 0.29) is 17.6 Å². The Morgan fingerprint density at radius 3 is 2.53 bits per heavy atom. The van der Waals surface area contributed by atoms with Gasteiger partial charge >= 0.3 is 0 Å². The normalized spacial score (nSPS) is 10.9. The standard InChI is InChI=1S/C22H20N4O2S2/c1-25(2)22(28)30-18-10-8-16(9-11-18)23-20(27)12-17-14-29-21-24-19(13-26(17)21)15-6-4-3-5-7-15/h3-11,13-14H,12H2,1-2H3,(H,23,27). The van der Waals surface area contributed by atoms with Gasteiger partial charge in [-0.25, -0.2) is 4.98 Å². The Morgan fingerprint density at radius 1 is 1.10 bits per heavy atom. The molecule has 0 radical (unpaired) electrons. The molecule has 0 aliphatic carbocycles. The molecular formula is C22H20N4O2S2. The van der Waals surface area contributed by atoms with Crippen molar-refractivity contribution < 1.29 is 9.59 Å². The minimum atomic E-state index is -0.102. The molecule has 0 aliphatic heterocycles. The first-order valence-electron chi connectivity index (χ1n) is 9.29. The van der Waals surface area contributed by atoms with E-state index in [1.807, 2.05) is 58.4 Å². The first-order chi connectivity index (χ1) is 14.5. The summed E-state index contributed by atoms with van der Waals surface area (Å²) >= 11 is 2.67. The molecule has 8 heteroatoms. The molecule has 2 amide bonds. The summed E-state index contributed by atoms with van der Waals surface area (Å²) in [6.07, 6.45) is 2.22. The molecule has 0 saturated heterocycles. The second-order valence-electron chi connectivity index (χ2n) is 6.88. The van der Waals surface area contributed by atoms with Crippen LogP contribution in [0, 0.1) is 0 Å². The third-order valence-corrected chi connectivity index (χ3v) is 6.34. The number of amides is 2. The van der Waals surface area contributed by atoms with E-state index in [4.69, 9.17) is 0 Å². The van der Waals surface area contributed by atoms with Crippen LogP contribution >= 0.6 is 23.1 Å². The number of carbonyl (C=O) groups is 2. The molecule has 4 aromatic rings. The van der Waals surface area contributed by atoms with Crippen LogP contribution in [-0.4, -0.2) is 39.5 Å². The summed E-state index contributed by atoms with van der Waals surface area (Å²) < 4.78 is 1.97. The molecule has 2 aromatic heterocycles. The van der Waals surface area contributed by atoms with E-state index < -0.39 is 0 Å². The van der Waals surface area contributed by atoms with Gasteiger partial charge in [0.05, 0.1) is 12.1 Å². The second-order valence-corrected chi connectivity index (χ2v) is 8.74. The first kappa shape index (κ1) is 20.2. The third-order valence-electron chi connectivity index (χ3n) is 4.40. The number of benzene rings is 2. The lowest BCUT2D eigenvalue weighted by molar-refractivity contribution is -0.115. The van der Waals surface area contributed by atoms with Crippen molar-refractivity contribution in [2.75, 3.05) is 19.4 Å². The van der Waals surface area contributed by atoms with Crippen LogP contribution in [0.15, 0.2) is 71.1 Å². The van der Waals surface area contributed by atoms with Gasteiger partial charge in [0.25, 0.3) is 5.24 Å². The Hall–Kier alpha value is -3.10. The number of imidazole rings is 1. The molecule has 2 aromatic carbocycles. The molecule has 0 aliphatic rings. The van der Waals surface area contributed by atoms with Gasteiger partial charge < -0.3 is 10.2 Å². The van der Waals surface area contributed by atoms with Crippen LogP contribution in [0.5, 0.6) is 0 Å². The Labute approximate surface area is 182 Å². The maximum absolute atomic E-state index is 12.5. The predicted molar refractivity (Wildman–Crippen MR) is 122 cm³/mol. The van der Waals surface area contributed by atoms with Gasteiger partial charge in [-0.05, 0) is 36.0 Å². The van der Waals surface area contributed by atoms with Crippen LogP contribution in [0.1, 0.15) is 5.69 Å². The van der Waals surface area contributed by atoms with Gasteiger partial charge in [0.1, 0.15) is 0 Å². The van der Waals surface area contributed by atoms with Crippen LogP contribution in [0.3, 0.4) is 0 Å². The molecule has 0 saturated carbocycles. The van der Waals surface area contributed by atoms with Crippen molar-refractivity contribution in [1.29, 1.82) is 0 Å². The third kappa shape index (κ3) is 4.55. The number of hydrogen-bond acceptors (Lipinski definition) is 5. The molecule has 6 nitrogen and oxygen atoms in total. The number of fused-ring (bicyclic) bond motifs is 1. The van der Waals surface area contributed by atoms with Gasteiger partial charge in [-0.15, -0.1) is 11.3 Å². The number of rotatable bonds is 5. The van der Waals surface area contributed by atoms with Gasteiger partial charge in [-0.3, -0.25) is 14.0 Å². The topological polar surface area (TPSA) is 66.7 Å². The molecule has 0 unspecified atom stereocenters. The zero-order valence-corrected chi connectivity index (χ0v) is 18.2. The molecule has 30 heavy (non-hydrogen) atoms. The van der Waals surface area contributed by atoms with Gasteiger partial charge in [0, 0.05) is 47.5 Å². The largest absolute Gasteiger partial charge is 0.339 e. The predicted octanol–water partition coefficient (Wildman–Crippen LogP) is 5.02. The summed E-state index contributed by atoms with van der Waals surface area (Å²) in [5.41, 5.74) is 3.54. The van der Waals surface area contributed by atoms with Crippen LogP contribution in [0.2, 0.25) is 0 Å². The average Bonchev–Trinajstić information content (AvgIpc) is 3.32. The number of aromatic nitrogens is 2. The molecule has 0 atom stereocenters. The van der Waals surface area contributed by atoms with Gasteiger partial charge in [-0.1, -0.05) is 30.3 Å². The molecule has 2 heterocycles. The lowest BCUT2D eigenvalue weighted by Crippen LogP contribution is -2.16. The van der Waals surface area contributed by atoms with Crippen LogP contribution in [0.25, 0.3) is 16.2 Å². The van der Waals surface area contributed by atoms with Crippen molar-refractivity contribution in [2.45, 2.75) is 11.3 Å². The molecule has 4 rings (SSSR count). The maximum Gasteiger partial charge on any atom is 0.285 e. The molecule has 0 bridgehead atoms. The molecule has 1 N–H and O–H groups in total. The molecule has 152 valence electrons. The fourth-order valence-corrected chi connectivity index (χ4v) is 4.40. The van der Waals surface area contributed by atoms with Crippen molar-refractivity contribution in [3.8, 4) is 11.3 Å². The maximum atomic E-state index is 12.5. The van der Waals surface area contributed by atoms with Crippen LogP contribution in [-0.2, 0) is 11.2 Å². The summed E-state index contributed by atoms with van der Waals surface area (Å²) in [6, 6.07) is 17.2. The number of thioether (sulfide) groups is 1. The van der Waals surface area contributed by atoms with E-state index in [1.165, 1.54) is 16.2 Å². The first-order valence-corrected chi connectivity index (χ1v) is 11.0. The highest BCUT2D eigenvalue weighted by molar-refractivity contribution is 8.13. The lowest BCUT2D eigenvalue weighted by Gasteiger charge is -2.09. The van der Waals surface area contributed by atoms with Crippen molar-refractivity contribution in [3.05, 3.63) is 71.9 Å². The fraction of sp³-hybridized carbons (Fsp3) is 0.136. The monoisotopic (exact) mass is 436 g/mol. The summed E-state index contributed by atoms with van der Waals surface area (Å²) in [6.45, 7) is 0. The second kappa shape index (κ2) is 8.73. The summed E-state index contributed by atoms with van der Waals surface area (Å²) in [7, 11) is 3.43. The number of nitrogens with one attached hydrogen (secondary N) is 1. The zero-order chi connectivity index (χ0) is 21.1. The fourth-order valence-electron chi connectivity index (χ4n) is 2.87. The van der Waals surface area contributed by atoms with E-state index >= 15 is 0 Å². The van der Waals surface area contributed by atoms with E-state index in [1.54, 1.807) is 26.2 Å². The highest BCUT2D eigenvalue weighted by Crippen LogP contribution is 2.25. The van der Waals surface area contributed by atoms with Crippen molar-refractivity contribution in [2.24, 2.45) is 0 Å². The van der Waals surface area contributed by atoms with E-state index in [2.05, 4.69) is 10.3 Å². The number of carbonyl (C=O) groups excluding carboxylic acids is 2.